The first-order valence-electron chi connectivity index (χ1n) is 8.06. The molecule has 0 bridgehead atoms. The van der Waals surface area contributed by atoms with Crippen molar-refractivity contribution in [3.8, 4) is 0 Å². The van der Waals surface area contributed by atoms with Crippen LogP contribution in [-0.4, -0.2) is 41.4 Å². The highest BCUT2D eigenvalue weighted by atomic mass is 32.2. The van der Waals surface area contributed by atoms with Crippen LogP contribution in [0.2, 0.25) is 36.3 Å². The monoisotopic (exact) mass is 350 g/mol. The fraction of sp³-hybridized carbons (Fsp3) is 1.00. The van der Waals surface area contributed by atoms with Crippen LogP contribution in [0.5, 0.6) is 0 Å². The van der Waals surface area contributed by atoms with Crippen LogP contribution in [0, 0.1) is 0 Å². The fourth-order valence-corrected chi connectivity index (χ4v) is 4.24. The topological polar surface area (TPSA) is 18.5 Å². The minimum absolute atomic E-state index is 0.309. The summed E-state index contributed by atoms with van der Waals surface area (Å²) in [5.74, 6) is 2.15. The lowest BCUT2D eigenvalue weighted by atomic mass is 10.2. The van der Waals surface area contributed by atoms with Gasteiger partial charge in [0.1, 0.15) is 0 Å². The number of hydrogen-bond acceptors (Lipinski definition) is 3. The van der Waals surface area contributed by atoms with Crippen LogP contribution < -0.4 is 0 Å². The molecule has 0 aromatic heterocycles. The molecule has 0 rings (SSSR count). The molecule has 0 fully saturated rings. The van der Waals surface area contributed by atoms with Crippen LogP contribution in [0.4, 0.5) is 0 Å². The van der Waals surface area contributed by atoms with E-state index in [-0.39, 0.29) is 0 Å². The molecule has 0 heterocycles. The predicted molar refractivity (Wildman–Crippen MR) is 104 cm³/mol. The minimum Gasteiger partial charge on any atom is -0.416 e. The highest BCUT2D eigenvalue weighted by Gasteiger charge is 2.37. The molecule has 21 heavy (non-hydrogen) atoms. The molecule has 0 aliphatic rings. The molecule has 0 atom stereocenters. The van der Waals surface area contributed by atoms with Crippen molar-refractivity contribution < 1.29 is 8.85 Å². The molecule has 2 nitrogen and oxygen atoms in total. The molecule has 0 aromatic carbocycles. The molecular formula is C16H38O2SSi2. The van der Waals surface area contributed by atoms with Crippen molar-refractivity contribution in [2.24, 2.45) is 0 Å². The second kappa shape index (κ2) is 8.00. The Kier molecular flexibility index (Phi) is 8.26. The number of rotatable bonds is 8. The Bertz CT molecular complexity index is 274. The van der Waals surface area contributed by atoms with E-state index < -0.39 is 16.6 Å². The van der Waals surface area contributed by atoms with Gasteiger partial charge in [0.05, 0.1) is 0 Å². The van der Waals surface area contributed by atoms with E-state index in [4.69, 9.17) is 8.85 Å². The number of hydrogen-bond donors (Lipinski definition) is 0. The molecule has 5 heteroatoms. The van der Waals surface area contributed by atoms with Gasteiger partial charge in [-0.15, -0.1) is 0 Å². The predicted octanol–water partition coefficient (Wildman–Crippen LogP) is 5.76. The highest BCUT2D eigenvalue weighted by Crippen LogP contribution is 2.37. The minimum atomic E-state index is -1.57. The van der Waals surface area contributed by atoms with E-state index in [1.54, 1.807) is 0 Å². The van der Waals surface area contributed by atoms with Gasteiger partial charge in [0, 0.05) is 24.7 Å². The summed E-state index contributed by atoms with van der Waals surface area (Å²) in [7, 11) is -3.13. The van der Waals surface area contributed by atoms with Crippen molar-refractivity contribution in [3.05, 3.63) is 0 Å². The van der Waals surface area contributed by atoms with Crippen molar-refractivity contribution >= 4 is 28.4 Å². The van der Waals surface area contributed by atoms with Gasteiger partial charge in [0.2, 0.25) is 0 Å². The van der Waals surface area contributed by atoms with Gasteiger partial charge in [0.15, 0.2) is 16.6 Å². The molecule has 0 spiro atoms. The van der Waals surface area contributed by atoms with Crippen LogP contribution >= 0.6 is 11.8 Å². The van der Waals surface area contributed by atoms with E-state index >= 15 is 0 Å². The van der Waals surface area contributed by atoms with Gasteiger partial charge < -0.3 is 8.85 Å². The Labute approximate surface area is 140 Å². The van der Waals surface area contributed by atoms with Crippen molar-refractivity contribution in [1.29, 1.82) is 0 Å². The summed E-state index contributed by atoms with van der Waals surface area (Å²) in [5.41, 5.74) is 0. The number of thioether (sulfide) groups is 1. The second-order valence-corrected chi connectivity index (χ2v) is 19.7. The zero-order valence-electron chi connectivity index (χ0n) is 16.1. The summed E-state index contributed by atoms with van der Waals surface area (Å²) in [5, 5.41) is 0.617. The van der Waals surface area contributed by atoms with Gasteiger partial charge in [-0.05, 0) is 36.3 Å². The molecule has 0 amide bonds. The average molecular weight is 351 g/mol. The smallest absolute Gasteiger partial charge is 0.192 e. The normalized spacial score (nSPS) is 14.6. The molecule has 0 aliphatic carbocycles. The molecule has 128 valence electrons. The molecule has 0 radical (unpaired) electrons. The van der Waals surface area contributed by atoms with Crippen molar-refractivity contribution in [2.75, 3.05) is 24.7 Å². The second-order valence-electron chi connectivity index (χ2n) is 8.83. The molecule has 0 aromatic rings. The van der Waals surface area contributed by atoms with E-state index in [1.165, 1.54) is 0 Å². The van der Waals surface area contributed by atoms with Crippen molar-refractivity contribution in [3.63, 3.8) is 0 Å². The van der Waals surface area contributed by atoms with E-state index in [1.807, 2.05) is 11.8 Å². The van der Waals surface area contributed by atoms with Gasteiger partial charge in [-0.1, -0.05) is 41.5 Å². The summed E-state index contributed by atoms with van der Waals surface area (Å²) in [6.45, 7) is 24.8. The fourth-order valence-electron chi connectivity index (χ4n) is 1.25. The van der Waals surface area contributed by atoms with E-state index in [0.29, 0.717) is 10.1 Å². The van der Waals surface area contributed by atoms with Crippen molar-refractivity contribution in [2.45, 2.75) is 77.8 Å². The van der Waals surface area contributed by atoms with E-state index in [0.717, 1.165) is 24.7 Å². The summed E-state index contributed by atoms with van der Waals surface area (Å²) in [4.78, 5) is 0. The lowest BCUT2D eigenvalue weighted by molar-refractivity contribution is 0.307. The lowest BCUT2D eigenvalue weighted by Gasteiger charge is -2.36. The Morgan fingerprint density at radius 2 is 0.952 bits per heavy atom. The van der Waals surface area contributed by atoms with E-state index in [2.05, 4.69) is 67.7 Å². The third kappa shape index (κ3) is 7.68. The standard InChI is InChI=1S/C16H38O2SSi2/c1-15(2,3)20(7,8)17-11-13-19-14-12-18-21(9,10)16(4,5)6/h11-14H2,1-10H3. The van der Waals surface area contributed by atoms with Crippen LogP contribution in [0.15, 0.2) is 0 Å². The van der Waals surface area contributed by atoms with Crippen LogP contribution in [0.25, 0.3) is 0 Å². The van der Waals surface area contributed by atoms with Gasteiger partial charge in [-0.2, -0.15) is 11.8 Å². The maximum absolute atomic E-state index is 6.18. The third-order valence-electron chi connectivity index (χ3n) is 4.99. The van der Waals surface area contributed by atoms with Gasteiger partial charge in [0.25, 0.3) is 0 Å². The molecule has 0 saturated heterocycles. The molecule has 0 N–H and O–H groups in total. The summed E-state index contributed by atoms with van der Waals surface area (Å²) in [6, 6.07) is 0. The van der Waals surface area contributed by atoms with Gasteiger partial charge in [-0.3, -0.25) is 0 Å². The lowest BCUT2D eigenvalue weighted by Crippen LogP contribution is -2.41. The largest absolute Gasteiger partial charge is 0.416 e. The first-order valence-corrected chi connectivity index (χ1v) is 15.0. The maximum atomic E-state index is 6.18. The summed E-state index contributed by atoms with van der Waals surface area (Å²) >= 11 is 1.95. The van der Waals surface area contributed by atoms with Crippen LogP contribution in [0.3, 0.4) is 0 Å². The van der Waals surface area contributed by atoms with Crippen molar-refractivity contribution in [1.82, 2.24) is 0 Å². The summed E-state index contributed by atoms with van der Waals surface area (Å²) in [6.07, 6.45) is 0. The van der Waals surface area contributed by atoms with Crippen LogP contribution in [-0.2, 0) is 8.85 Å². The zero-order valence-corrected chi connectivity index (χ0v) is 18.9. The summed E-state index contributed by atoms with van der Waals surface area (Å²) < 4.78 is 12.4. The first kappa shape index (κ1) is 21.7. The maximum Gasteiger partial charge on any atom is 0.192 e. The van der Waals surface area contributed by atoms with Gasteiger partial charge >= 0.3 is 0 Å². The van der Waals surface area contributed by atoms with Crippen LogP contribution in [0.1, 0.15) is 41.5 Å². The molecule has 0 unspecified atom stereocenters. The molecular weight excluding hydrogens is 312 g/mol. The Morgan fingerprint density at radius 1 is 0.667 bits per heavy atom. The zero-order chi connectivity index (χ0) is 16.9. The first-order chi connectivity index (χ1) is 9.21. The Morgan fingerprint density at radius 3 is 1.19 bits per heavy atom. The highest BCUT2D eigenvalue weighted by molar-refractivity contribution is 7.99. The van der Waals surface area contributed by atoms with E-state index in [9.17, 15) is 0 Å². The molecule has 0 aliphatic heterocycles. The SMILES string of the molecule is CC(C)(C)[Si](C)(C)OCCSCCO[Si](C)(C)C(C)(C)C. The quantitative estimate of drug-likeness (QED) is 0.409. The van der Waals surface area contributed by atoms with Gasteiger partial charge in [-0.25, -0.2) is 0 Å². The Hall–Kier alpha value is 0.704. The molecule has 0 saturated carbocycles. The Balaban J connectivity index is 3.81. The third-order valence-corrected chi connectivity index (χ3v) is 15.0. The average Bonchev–Trinajstić information content (AvgIpc) is 2.24.